The van der Waals surface area contributed by atoms with Crippen LogP contribution >= 0.6 is 0 Å². The van der Waals surface area contributed by atoms with Crippen molar-refractivity contribution in [3.8, 4) is 0 Å². The largest absolute Gasteiger partial charge is 0.357 e. The Kier molecular flexibility index (Phi) is 3.51. The standard InChI is InChI=1S/C14H14N2O5/c1-8(17)15-14(2,3)13(20)21-16-11(18)9-6-4-5-7-10(9)12(16)19/h4-7H,1-3H3,(H,15,17). The van der Waals surface area contributed by atoms with Gasteiger partial charge in [0, 0.05) is 6.92 Å². The van der Waals surface area contributed by atoms with Crippen molar-refractivity contribution < 1.29 is 24.0 Å². The van der Waals surface area contributed by atoms with Gasteiger partial charge in [-0.15, -0.1) is 0 Å². The van der Waals surface area contributed by atoms with Crippen LogP contribution in [-0.2, 0) is 14.4 Å². The molecule has 7 nitrogen and oxygen atoms in total. The van der Waals surface area contributed by atoms with Crippen LogP contribution in [0.1, 0.15) is 41.5 Å². The van der Waals surface area contributed by atoms with Gasteiger partial charge < -0.3 is 10.2 Å². The third-order valence-corrected chi connectivity index (χ3v) is 2.93. The van der Waals surface area contributed by atoms with Gasteiger partial charge in [-0.2, -0.15) is 0 Å². The number of imide groups is 1. The maximum absolute atomic E-state index is 12.0. The van der Waals surface area contributed by atoms with Gasteiger partial charge in [-0.1, -0.05) is 17.2 Å². The molecule has 1 aliphatic heterocycles. The molecule has 0 atom stereocenters. The number of carbonyl (C=O) groups excluding carboxylic acids is 4. The van der Waals surface area contributed by atoms with E-state index in [4.69, 9.17) is 4.84 Å². The summed E-state index contributed by atoms with van der Waals surface area (Å²) in [4.78, 5) is 52.0. The summed E-state index contributed by atoms with van der Waals surface area (Å²) in [5.74, 6) is -2.75. The third kappa shape index (κ3) is 2.62. The Bertz CT molecular complexity index is 616. The van der Waals surface area contributed by atoms with Crippen molar-refractivity contribution in [3.05, 3.63) is 35.4 Å². The van der Waals surface area contributed by atoms with Gasteiger partial charge in [0.15, 0.2) is 0 Å². The second-order valence-corrected chi connectivity index (χ2v) is 5.14. The van der Waals surface area contributed by atoms with Crippen molar-refractivity contribution in [1.82, 2.24) is 10.4 Å². The van der Waals surface area contributed by atoms with Crippen molar-refractivity contribution in [2.75, 3.05) is 0 Å². The van der Waals surface area contributed by atoms with Crippen molar-refractivity contribution in [2.24, 2.45) is 0 Å². The molecule has 1 N–H and O–H groups in total. The molecule has 7 heteroatoms. The Hall–Kier alpha value is -2.70. The molecule has 0 radical (unpaired) electrons. The fourth-order valence-electron chi connectivity index (χ4n) is 1.94. The molecule has 1 aromatic rings. The van der Waals surface area contributed by atoms with Gasteiger partial charge in [-0.3, -0.25) is 14.4 Å². The molecule has 1 heterocycles. The van der Waals surface area contributed by atoms with E-state index in [9.17, 15) is 19.2 Å². The average Bonchev–Trinajstić information content (AvgIpc) is 2.63. The first-order chi connectivity index (χ1) is 9.74. The van der Waals surface area contributed by atoms with Gasteiger partial charge in [0.05, 0.1) is 11.1 Å². The predicted octanol–water partition coefficient (Wildman–Crippen LogP) is 0.655. The molecular formula is C14H14N2O5. The number of nitrogens with one attached hydrogen (secondary N) is 1. The first-order valence-electron chi connectivity index (χ1n) is 6.23. The molecule has 0 saturated carbocycles. The number of fused-ring (bicyclic) bond motifs is 1. The van der Waals surface area contributed by atoms with E-state index < -0.39 is 29.2 Å². The number of rotatable bonds is 3. The molecule has 0 saturated heterocycles. The molecular weight excluding hydrogens is 276 g/mol. The van der Waals surface area contributed by atoms with Crippen LogP contribution in [0.15, 0.2) is 24.3 Å². The Labute approximate surface area is 120 Å². The summed E-state index contributed by atoms with van der Waals surface area (Å²) in [6.07, 6.45) is 0. The van der Waals surface area contributed by atoms with E-state index in [-0.39, 0.29) is 11.1 Å². The maximum atomic E-state index is 12.0. The number of hydroxylamine groups is 2. The highest BCUT2D eigenvalue weighted by Crippen LogP contribution is 2.23. The summed E-state index contributed by atoms with van der Waals surface area (Å²) in [6, 6.07) is 6.16. The smallest absolute Gasteiger partial charge is 0.341 e. The summed E-state index contributed by atoms with van der Waals surface area (Å²) in [5, 5.41) is 2.79. The quantitative estimate of drug-likeness (QED) is 0.825. The number of carbonyl (C=O) groups is 4. The van der Waals surface area contributed by atoms with Crippen LogP contribution in [-0.4, -0.2) is 34.3 Å². The molecule has 0 aromatic heterocycles. The van der Waals surface area contributed by atoms with Crippen LogP contribution in [0.5, 0.6) is 0 Å². The number of hydrogen-bond acceptors (Lipinski definition) is 5. The number of benzene rings is 1. The molecule has 0 unspecified atom stereocenters. The first-order valence-corrected chi connectivity index (χ1v) is 6.23. The van der Waals surface area contributed by atoms with Crippen LogP contribution in [0, 0.1) is 0 Å². The zero-order valence-electron chi connectivity index (χ0n) is 11.8. The van der Waals surface area contributed by atoms with Crippen LogP contribution in [0.4, 0.5) is 0 Å². The van der Waals surface area contributed by atoms with E-state index in [1.54, 1.807) is 12.1 Å². The highest BCUT2D eigenvalue weighted by atomic mass is 16.7. The van der Waals surface area contributed by atoms with E-state index >= 15 is 0 Å². The highest BCUT2D eigenvalue weighted by Gasteiger charge is 2.41. The second-order valence-electron chi connectivity index (χ2n) is 5.14. The minimum Gasteiger partial charge on any atom is -0.341 e. The van der Waals surface area contributed by atoms with E-state index in [0.29, 0.717) is 5.06 Å². The fraction of sp³-hybridized carbons (Fsp3) is 0.286. The van der Waals surface area contributed by atoms with Gasteiger partial charge in [0.25, 0.3) is 11.8 Å². The van der Waals surface area contributed by atoms with Crippen LogP contribution < -0.4 is 5.32 Å². The van der Waals surface area contributed by atoms with Gasteiger partial charge in [-0.25, -0.2) is 4.79 Å². The summed E-state index contributed by atoms with van der Waals surface area (Å²) >= 11 is 0. The summed E-state index contributed by atoms with van der Waals surface area (Å²) in [7, 11) is 0. The molecule has 2 rings (SSSR count). The monoisotopic (exact) mass is 290 g/mol. The SMILES string of the molecule is CC(=O)NC(C)(C)C(=O)ON1C(=O)c2ccccc2C1=O. The molecule has 1 aromatic carbocycles. The Morgan fingerprint density at radius 2 is 1.57 bits per heavy atom. The minimum absolute atomic E-state index is 0.174. The zero-order valence-corrected chi connectivity index (χ0v) is 11.8. The molecule has 0 fully saturated rings. The predicted molar refractivity (Wildman–Crippen MR) is 70.9 cm³/mol. The second kappa shape index (κ2) is 5.01. The Morgan fingerprint density at radius 1 is 1.10 bits per heavy atom. The van der Waals surface area contributed by atoms with Crippen molar-refractivity contribution >= 4 is 23.7 Å². The van der Waals surface area contributed by atoms with Gasteiger partial charge in [-0.05, 0) is 26.0 Å². The van der Waals surface area contributed by atoms with E-state index in [0.717, 1.165) is 0 Å². The van der Waals surface area contributed by atoms with Gasteiger partial charge in [0.2, 0.25) is 5.91 Å². The zero-order chi connectivity index (χ0) is 15.8. The lowest BCUT2D eigenvalue weighted by Crippen LogP contribution is -2.52. The lowest BCUT2D eigenvalue weighted by molar-refractivity contribution is -0.176. The summed E-state index contributed by atoms with van der Waals surface area (Å²) < 4.78 is 0. The Balaban J connectivity index is 2.19. The van der Waals surface area contributed by atoms with Gasteiger partial charge in [0.1, 0.15) is 5.54 Å². The van der Waals surface area contributed by atoms with Crippen LogP contribution in [0.2, 0.25) is 0 Å². The van der Waals surface area contributed by atoms with Crippen molar-refractivity contribution in [2.45, 2.75) is 26.3 Å². The summed E-state index contributed by atoms with van der Waals surface area (Å²) in [5.41, 5.74) is -1.01. The lowest BCUT2D eigenvalue weighted by Gasteiger charge is -2.24. The molecule has 0 bridgehead atoms. The Morgan fingerprint density at radius 3 is 2.00 bits per heavy atom. The van der Waals surface area contributed by atoms with Crippen LogP contribution in [0.3, 0.4) is 0 Å². The third-order valence-electron chi connectivity index (χ3n) is 2.93. The normalized spacial score (nSPS) is 14.0. The van der Waals surface area contributed by atoms with Crippen molar-refractivity contribution in [1.29, 1.82) is 0 Å². The number of amides is 3. The fourth-order valence-corrected chi connectivity index (χ4v) is 1.94. The molecule has 110 valence electrons. The lowest BCUT2D eigenvalue weighted by atomic mass is 10.1. The highest BCUT2D eigenvalue weighted by molar-refractivity contribution is 6.21. The van der Waals surface area contributed by atoms with Crippen LogP contribution in [0.25, 0.3) is 0 Å². The molecule has 0 spiro atoms. The number of nitrogens with zero attached hydrogens (tertiary/aromatic N) is 1. The van der Waals surface area contributed by atoms with E-state index in [1.807, 2.05) is 0 Å². The molecule has 1 aliphatic rings. The van der Waals surface area contributed by atoms with Crippen molar-refractivity contribution in [3.63, 3.8) is 0 Å². The molecule has 3 amide bonds. The first kappa shape index (κ1) is 14.7. The maximum Gasteiger partial charge on any atom is 0.357 e. The minimum atomic E-state index is -1.36. The average molecular weight is 290 g/mol. The van der Waals surface area contributed by atoms with E-state index in [2.05, 4.69) is 5.32 Å². The molecule has 21 heavy (non-hydrogen) atoms. The topological polar surface area (TPSA) is 92.8 Å². The number of hydrogen-bond donors (Lipinski definition) is 1. The summed E-state index contributed by atoms with van der Waals surface area (Å²) in [6.45, 7) is 4.07. The van der Waals surface area contributed by atoms with E-state index in [1.165, 1.54) is 32.9 Å². The molecule has 0 aliphatic carbocycles. The van der Waals surface area contributed by atoms with Gasteiger partial charge >= 0.3 is 5.97 Å².